The molecule has 7 heavy (non-hydrogen) atoms. The average Bonchev–Trinajstić information content (AvgIpc) is 2.14. The van der Waals surface area contributed by atoms with Gasteiger partial charge < -0.3 is 0 Å². The second-order valence-corrected chi connectivity index (χ2v) is 7.68. The first-order valence-electron chi connectivity index (χ1n) is 2.09. The molecule has 1 rings (SSSR count). The summed E-state index contributed by atoms with van der Waals surface area (Å²) < 4.78 is 0.856. The lowest BCUT2D eigenvalue weighted by molar-refractivity contribution is 1.07. The van der Waals surface area contributed by atoms with E-state index in [1.54, 1.807) is 0 Å². The molecular weight excluding hydrogens is 164 g/mol. The maximum Gasteiger partial charge on any atom is 0.0723 e. The molecule has 0 bridgehead atoms. The van der Waals surface area contributed by atoms with E-state index in [0.717, 1.165) is 4.58 Å². The summed E-state index contributed by atoms with van der Waals surface area (Å²) in [6.07, 6.45) is 1.30. The first-order chi connectivity index (χ1) is 3.43. The van der Waals surface area contributed by atoms with Gasteiger partial charge in [-0.25, -0.2) is 0 Å². The van der Waals surface area contributed by atoms with Crippen LogP contribution in [0.3, 0.4) is 0 Å². The summed E-state index contributed by atoms with van der Waals surface area (Å²) in [6, 6.07) is 0. The van der Waals surface area contributed by atoms with Crippen LogP contribution in [0.2, 0.25) is 0 Å². The Hall–Kier alpha value is 1.40. The fourth-order valence-electron chi connectivity index (χ4n) is 0.272. The van der Waals surface area contributed by atoms with Gasteiger partial charge in [0.15, 0.2) is 0 Å². The molecule has 0 amide bonds. The largest absolute Gasteiger partial charge is 0.0723 e. The van der Waals surface area contributed by atoms with Crippen molar-refractivity contribution < 1.29 is 0 Å². The first-order valence-corrected chi connectivity index (χ1v) is 7.03. The van der Waals surface area contributed by atoms with E-state index in [-0.39, 0.29) is 0 Å². The third-order valence-corrected chi connectivity index (χ3v) is 8.72. The van der Waals surface area contributed by atoms with E-state index >= 15 is 0 Å². The van der Waals surface area contributed by atoms with E-state index in [0.29, 0.717) is 0 Å². The molecule has 0 N–H and O–H groups in total. The van der Waals surface area contributed by atoms with E-state index in [4.69, 9.17) is 0 Å². The van der Waals surface area contributed by atoms with E-state index in [9.17, 15) is 0 Å². The Morgan fingerprint density at radius 1 is 1.29 bits per heavy atom. The highest BCUT2D eigenvalue weighted by molar-refractivity contribution is 9.31. The summed E-state index contributed by atoms with van der Waals surface area (Å²) in [5.74, 6) is 0. The zero-order valence-electron chi connectivity index (χ0n) is 3.92. The molecule has 1 fully saturated rings. The maximum absolute atomic E-state index is 2.23. The Balaban J connectivity index is 2.14. The Morgan fingerprint density at radius 3 is 2.14 bits per heavy atom. The van der Waals surface area contributed by atoms with Gasteiger partial charge in [-0.05, 0) is 26.1 Å². The summed E-state index contributed by atoms with van der Waals surface area (Å²) in [5.41, 5.74) is 0. The predicted molar refractivity (Wildman–Crippen MR) is 44.4 cm³/mol. The van der Waals surface area contributed by atoms with Crippen molar-refractivity contribution >= 4 is 41.2 Å². The topological polar surface area (TPSA) is 0 Å². The summed E-state index contributed by atoms with van der Waals surface area (Å²) in [6.45, 7) is 2.23. The van der Waals surface area contributed by atoms with Crippen LogP contribution in [0.25, 0.3) is 0 Å². The highest BCUT2D eigenvalue weighted by atomic mass is 33.7. The second kappa shape index (κ2) is 3.43. The molecule has 0 saturated carbocycles. The Labute approximate surface area is 59.2 Å². The molecule has 1 aliphatic heterocycles. The molecule has 0 unspecified atom stereocenters. The van der Waals surface area contributed by atoms with Crippen LogP contribution in [0.15, 0.2) is 0 Å². The molecule has 0 aromatic carbocycles. The van der Waals surface area contributed by atoms with Crippen molar-refractivity contribution in [2.24, 2.45) is 0 Å². The van der Waals surface area contributed by atoms with Gasteiger partial charge in [0.1, 0.15) is 0 Å². The van der Waals surface area contributed by atoms with Gasteiger partial charge in [0.05, 0.1) is 4.58 Å². The van der Waals surface area contributed by atoms with Crippen LogP contribution in [-0.4, -0.2) is 4.58 Å². The minimum atomic E-state index is 0.856. The van der Waals surface area contributed by atoms with Crippen LogP contribution >= 0.6 is 41.2 Å². The quantitative estimate of drug-likeness (QED) is 0.553. The van der Waals surface area contributed by atoms with Gasteiger partial charge in [0.2, 0.25) is 0 Å². The minimum Gasteiger partial charge on any atom is -0.0664 e. The highest BCUT2D eigenvalue weighted by Gasteiger charge is 2.15. The maximum atomic E-state index is 2.23. The smallest absolute Gasteiger partial charge is 0.0664 e. The molecule has 0 aliphatic carbocycles. The van der Waals surface area contributed by atoms with Gasteiger partial charge in [-0.3, -0.25) is 0 Å². The zero-order chi connectivity index (χ0) is 5.11. The van der Waals surface area contributed by atoms with Crippen molar-refractivity contribution in [1.29, 1.82) is 0 Å². The molecule has 4 heteroatoms. The van der Waals surface area contributed by atoms with E-state index in [1.807, 2.05) is 41.2 Å². The van der Waals surface area contributed by atoms with Gasteiger partial charge in [0.25, 0.3) is 0 Å². The average molecular weight is 170 g/mol. The molecule has 0 radical (unpaired) electrons. The molecule has 1 aliphatic rings. The van der Waals surface area contributed by atoms with Crippen LogP contribution in [0.1, 0.15) is 13.3 Å². The summed E-state index contributed by atoms with van der Waals surface area (Å²) in [4.78, 5) is 0. The standard InChI is InChI=1S/C3H6S4/c1-2-3-4-6-7-5-3/h3H,2H2,1H3. The van der Waals surface area contributed by atoms with Crippen molar-refractivity contribution in [2.75, 3.05) is 0 Å². The summed E-state index contributed by atoms with van der Waals surface area (Å²) in [7, 11) is 7.78. The van der Waals surface area contributed by atoms with Crippen molar-refractivity contribution in [1.82, 2.24) is 0 Å². The third kappa shape index (κ3) is 2.00. The fourth-order valence-corrected chi connectivity index (χ4v) is 9.22. The SMILES string of the molecule is CCC1SSSS1. The first kappa shape index (κ1) is 6.52. The Morgan fingerprint density at radius 2 is 1.86 bits per heavy atom. The third-order valence-electron chi connectivity index (χ3n) is 0.654. The molecule has 0 spiro atoms. The molecule has 42 valence electrons. The molecular formula is C3H6S4. The van der Waals surface area contributed by atoms with Crippen molar-refractivity contribution in [3.05, 3.63) is 0 Å². The van der Waals surface area contributed by atoms with E-state index < -0.39 is 0 Å². The second-order valence-electron chi connectivity index (χ2n) is 1.17. The highest BCUT2D eigenvalue weighted by Crippen LogP contribution is 2.59. The van der Waals surface area contributed by atoms with Gasteiger partial charge in [0, 0.05) is 0 Å². The van der Waals surface area contributed by atoms with Crippen LogP contribution < -0.4 is 0 Å². The van der Waals surface area contributed by atoms with Gasteiger partial charge in [-0.1, -0.05) is 28.5 Å². The number of hydrogen-bond donors (Lipinski definition) is 0. The molecule has 1 saturated heterocycles. The molecule has 1 heterocycles. The van der Waals surface area contributed by atoms with Crippen LogP contribution in [-0.2, 0) is 0 Å². The van der Waals surface area contributed by atoms with E-state index in [1.165, 1.54) is 6.42 Å². The van der Waals surface area contributed by atoms with Crippen LogP contribution in [0, 0.1) is 0 Å². The van der Waals surface area contributed by atoms with Gasteiger partial charge >= 0.3 is 0 Å². The van der Waals surface area contributed by atoms with Crippen molar-refractivity contribution in [3.8, 4) is 0 Å². The Kier molecular flexibility index (Phi) is 3.19. The van der Waals surface area contributed by atoms with Crippen LogP contribution in [0.5, 0.6) is 0 Å². The molecule has 0 atom stereocenters. The normalized spacial score (nSPS) is 23.6. The number of rotatable bonds is 1. The van der Waals surface area contributed by atoms with E-state index in [2.05, 4.69) is 6.92 Å². The van der Waals surface area contributed by atoms with Gasteiger partial charge in [-0.2, -0.15) is 0 Å². The predicted octanol–water partition coefficient (Wildman–Crippen LogP) is 3.41. The van der Waals surface area contributed by atoms with Gasteiger partial charge in [-0.15, -0.1) is 0 Å². The lowest BCUT2D eigenvalue weighted by atomic mass is 10.6. The molecule has 0 aromatic heterocycles. The Bertz CT molecular complexity index is 48.9. The lowest BCUT2D eigenvalue weighted by Gasteiger charge is -1.95. The fraction of sp³-hybridized carbons (Fsp3) is 1.00. The minimum absolute atomic E-state index is 0.856. The summed E-state index contributed by atoms with van der Waals surface area (Å²) in [5, 5.41) is 0. The molecule has 0 nitrogen and oxygen atoms in total. The van der Waals surface area contributed by atoms with Crippen molar-refractivity contribution in [2.45, 2.75) is 17.9 Å². The number of hydrogen-bond acceptors (Lipinski definition) is 4. The van der Waals surface area contributed by atoms with Crippen LogP contribution in [0.4, 0.5) is 0 Å². The lowest BCUT2D eigenvalue weighted by Crippen LogP contribution is -1.81. The summed E-state index contributed by atoms with van der Waals surface area (Å²) >= 11 is 0. The monoisotopic (exact) mass is 170 g/mol. The molecule has 0 aromatic rings. The van der Waals surface area contributed by atoms with Crippen molar-refractivity contribution in [3.63, 3.8) is 0 Å². The zero-order valence-corrected chi connectivity index (χ0v) is 7.18.